The average Bonchev–Trinajstić information content (AvgIpc) is 3.13. The van der Waals surface area contributed by atoms with Gasteiger partial charge in [-0.3, -0.25) is 9.36 Å². The number of hydrogen-bond acceptors (Lipinski definition) is 5. The summed E-state index contributed by atoms with van der Waals surface area (Å²) in [5.74, 6) is -0.332. The predicted molar refractivity (Wildman–Crippen MR) is 99.0 cm³/mol. The summed E-state index contributed by atoms with van der Waals surface area (Å²) in [7, 11) is 0. The summed E-state index contributed by atoms with van der Waals surface area (Å²) in [5.41, 5.74) is 1.30. The highest BCUT2D eigenvalue weighted by molar-refractivity contribution is 5.94. The molecular weight excluding hydrogens is 344 g/mol. The first-order valence-corrected chi connectivity index (χ1v) is 8.27. The minimum Gasteiger partial charge on any atom is -0.453 e. The van der Waals surface area contributed by atoms with E-state index in [4.69, 9.17) is 10.00 Å². The van der Waals surface area contributed by atoms with Gasteiger partial charge in [0, 0.05) is 10.9 Å². The van der Waals surface area contributed by atoms with Crippen LogP contribution in [0, 0.1) is 11.3 Å². The molecule has 0 aliphatic rings. The van der Waals surface area contributed by atoms with Crippen LogP contribution >= 0.6 is 0 Å². The van der Waals surface area contributed by atoms with E-state index in [1.54, 1.807) is 30.3 Å². The molecule has 0 aliphatic carbocycles. The number of carbonyl (C=O) groups excluding carboxylic acids is 1. The van der Waals surface area contributed by atoms with E-state index in [0.29, 0.717) is 16.6 Å². The van der Waals surface area contributed by atoms with Gasteiger partial charge in [0.2, 0.25) is 0 Å². The Morgan fingerprint density at radius 3 is 2.78 bits per heavy atom. The van der Waals surface area contributed by atoms with Crippen molar-refractivity contribution in [1.29, 1.82) is 5.26 Å². The summed E-state index contributed by atoms with van der Waals surface area (Å²) < 4.78 is 6.56. The number of nitrogens with one attached hydrogen (secondary N) is 1. The first-order chi connectivity index (χ1) is 13.2. The molecule has 0 fully saturated rings. The number of nitriles is 1. The molecule has 1 N–H and O–H groups in total. The van der Waals surface area contributed by atoms with Gasteiger partial charge in [0.15, 0.2) is 5.82 Å². The van der Waals surface area contributed by atoms with Crippen molar-refractivity contribution in [3.05, 3.63) is 76.5 Å². The van der Waals surface area contributed by atoms with E-state index in [0.717, 1.165) is 10.9 Å². The van der Waals surface area contributed by atoms with Gasteiger partial charge >= 0.3 is 5.97 Å². The minimum atomic E-state index is -0.558. The number of aromatic amines is 1. The molecule has 132 valence electrons. The third-order valence-corrected chi connectivity index (χ3v) is 4.25. The molecule has 4 rings (SSSR count). The molecule has 0 amide bonds. The zero-order valence-corrected chi connectivity index (χ0v) is 14.2. The average molecular weight is 358 g/mol. The second kappa shape index (κ2) is 6.77. The monoisotopic (exact) mass is 358 g/mol. The molecule has 27 heavy (non-hydrogen) atoms. The Morgan fingerprint density at radius 1 is 1.19 bits per heavy atom. The Balaban J connectivity index is 1.64. The highest BCUT2D eigenvalue weighted by Crippen LogP contribution is 2.16. The van der Waals surface area contributed by atoms with Crippen LogP contribution in [0.15, 0.2) is 59.4 Å². The zero-order chi connectivity index (χ0) is 18.8. The Labute approximate surface area is 153 Å². The van der Waals surface area contributed by atoms with Crippen molar-refractivity contribution in [2.45, 2.75) is 13.2 Å². The first-order valence-electron chi connectivity index (χ1n) is 8.27. The zero-order valence-electron chi connectivity index (χ0n) is 14.2. The highest BCUT2D eigenvalue weighted by atomic mass is 16.5. The van der Waals surface area contributed by atoms with Crippen molar-refractivity contribution in [3.8, 4) is 6.07 Å². The third-order valence-electron chi connectivity index (χ3n) is 4.25. The fourth-order valence-electron chi connectivity index (χ4n) is 2.95. The van der Waals surface area contributed by atoms with Crippen molar-refractivity contribution in [3.63, 3.8) is 0 Å². The van der Waals surface area contributed by atoms with Crippen LogP contribution in [0.4, 0.5) is 0 Å². The van der Waals surface area contributed by atoms with Crippen LogP contribution in [0.2, 0.25) is 0 Å². The van der Waals surface area contributed by atoms with Gasteiger partial charge < -0.3 is 9.72 Å². The lowest BCUT2D eigenvalue weighted by Crippen LogP contribution is -2.26. The van der Waals surface area contributed by atoms with Crippen LogP contribution in [0.25, 0.3) is 21.8 Å². The van der Waals surface area contributed by atoms with E-state index < -0.39 is 5.97 Å². The van der Waals surface area contributed by atoms with Crippen LogP contribution in [-0.2, 0) is 17.9 Å². The Bertz CT molecular complexity index is 1230. The Morgan fingerprint density at radius 2 is 1.96 bits per heavy atom. The maximum atomic E-state index is 12.6. The van der Waals surface area contributed by atoms with Crippen molar-refractivity contribution >= 4 is 27.8 Å². The van der Waals surface area contributed by atoms with Gasteiger partial charge in [0.1, 0.15) is 18.8 Å². The molecule has 0 atom stereocenters. The molecule has 0 saturated carbocycles. The van der Waals surface area contributed by atoms with Crippen LogP contribution in [0.1, 0.15) is 16.3 Å². The molecule has 7 heteroatoms. The van der Waals surface area contributed by atoms with E-state index >= 15 is 0 Å². The fourth-order valence-corrected chi connectivity index (χ4v) is 2.95. The topological polar surface area (TPSA) is 101 Å². The molecule has 0 unspecified atom stereocenters. The van der Waals surface area contributed by atoms with E-state index in [2.05, 4.69) is 9.97 Å². The second-order valence-electron chi connectivity index (χ2n) is 5.94. The van der Waals surface area contributed by atoms with Crippen molar-refractivity contribution in [2.24, 2.45) is 0 Å². The quantitative estimate of drug-likeness (QED) is 0.565. The van der Waals surface area contributed by atoms with Crippen molar-refractivity contribution in [2.75, 3.05) is 0 Å². The third kappa shape index (κ3) is 3.04. The summed E-state index contributed by atoms with van der Waals surface area (Å²) in [6.07, 6.45) is 0. The van der Waals surface area contributed by atoms with Crippen LogP contribution in [0.3, 0.4) is 0 Å². The number of ether oxygens (including phenoxy) is 1. The van der Waals surface area contributed by atoms with Crippen LogP contribution in [0.5, 0.6) is 0 Å². The second-order valence-corrected chi connectivity index (χ2v) is 5.94. The van der Waals surface area contributed by atoms with Gasteiger partial charge in [-0.05, 0) is 24.3 Å². The fraction of sp³-hybridized carbons (Fsp3) is 0.100. The number of H-pyrrole nitrogens is 1. The van der Waals surface area contributed by atoms with E-state index in [9.17, 15) is 9.59 Å². The maximum absolute atomic E-state index is 12.6. The van der Waals surface area contributed by atoms with Crippen LogP contribution in [-0.4, -0.2) is 20.5 Å². The molecule has 0 radical (unpaired) electrons. The lowest BCUT2D eigenvalue weighted by atomic mass is 10.2. The Kier molecular flexibility index (Phi) is 4.15. The van der Waals surface area contributed by atoms with Gasteiger partial charge in [-0.25, -0.2) is 9.78 Å². The molecule has 0 bridgehead atoms. The van der Waals surface area contributed by atoms with Crippen LogP contribution < -0.4 is 5.56 Å². The lowest BCUT2D eigenvalue weighted by Gasteiger charge is -2.11. The predicted octanol–water partition coefficient (Wildman–Crippen LogP) is 2.76. The van der Waals surface area contributed by atoms with Crippen molar-refractivity contribution < 1.29 is 9.53 Å². The van der Waals surface area contributed by atoms with E-state index in [-0.39, 0.29) is 24.5 Å². The Hall–Kier alpha value is -3.92. The summed E-state index contributed by atoms with van der Waals surface area (Å²) in [6.45, 7) is -0.383. The van der Waals surface area contributed by atoms with Crippen molar-refractivity contribution in [1.82, 2.24) is 14.5 Å². The smallest absolute Gasteiger partial charge is 0.355 e. The molecule has 7 nitrogen and oxygen atoms in total. The number of esters is 1. The van der Waals surface area contributed by atoms with E-state index in [1.807, 2.05) is 30.3 Å². The first kappa shape index (κ1) is 16.5. The van der Waals surface area contributed by atoms with E-state index in [1.165, 1.54) is 4.57 Å². The lowest BCUT2D eigenvalue weighted by molar-refractivity contribution is 0.0451. The number of rotatable bonds is 4. The summed E-state index contributed by atoms with van der Waals surface area (Å²) in [6, 6.07) is 18.0. The molecule has 2 aromatic carbocycles. The number of hydrogen-bond donors (Lipinski definition) is 1. The number of aromatic nitrogens is 3. The number of benzene rings is 2. The number of carbonyl (C=O) groups is 1. The van der Waals surface area contributed by atoms with Gasteiger partial charge in [-0.1, -0.05) is 30.3 Å². The molecule has 2 heterocycles. The molecule has 2 aromatic heterocycles. The molecular formula is C20H14N4O3. The number of nitrogens with zero attached hydrogens (tertiary/aromatic N) is 3. The summed E-state index contributed by atoms with van der Waals surface area (Å²) in [5, 5.41) is 10.3. The molecule has 0 spiro atoms. The van der Waals surface area contributed by atoms with Gasteiger partial charge in [-0.2, -0.15) is 5.26 Å². The summed E-state index contributed by atoms with van der Waals surface area (Å²) >= 11 is 0. The maximum Gasteiger partial charge on any atom is 0.355 e. The molecule has 0 aliphatic heterocycles. The molecule has 0 saturated heterocycles. The SMILES string of the molecule is N#CCn1c(COC(=O)c2cc3ccccc3[nH]2)nc2ccccc2c1=O. The summed E-state index contributed by atoms with van der Waals surface area (Å²) in [4.78, 5) is 32.4. The van der Waals surface area contributed by atoms with Gasteiger partial charge in [0.05, 0.1) is 17.0 Å². The van der Waals surface area contributed by atoms with Gasteiger partial charge in [-0.15, -0.1) is 0 Å². The number of para-hydroxylation sites is 2. The normalized spacial score (nSPS) is 10.8. The highest BCUT2D eigenvalue weighted by Gasteiger charge is 2.15. The molecule has 4 aromatic rings. The number of fused-ring (bicyclic) bond motifs is 2. The van der Waals surface area contributed by atoms with Gasteiger partial charge in [0.25, 0.3) is 5.56 Å². The largest absolute Gasteiger partial charge is 0.453 e. The minimum absolute atomic E-state index is 0.171. The standard InChI is InChI=1S/C20H14N4O3/c21-9-10-24-18(23-16-8-4-2-6-14(16)19(24)25)12-27-20(26)17-11-13-5-1-3-7-15(13)22-17/h1-8,11,22H,10,12H2.